The van der Waals surface area contributed by atoms with Crippen molar-refractivity contribution in [2.24, 2.45) is 24.8 Å². The first kappa shape index (κ1) is 31.6. The average Bonchev–Trinajstić information content (AvgIpc) is 3.38. The number of piperidine rings is 1. The Bertz CT molecular complexity index is 1830. The van der Waals surface area contributed by atoms with Gasteiger partial charge in [-0.2, -0.15) is 18.3 Å². The van der Waals surface area contributed by atoms with Gasteiger partial charge in [0.2, 0.25) is 11.8 Å². The zero-order chi connectivity index (χ0) is 33.0. The molecule has 11 nitrogen and oxygen atoms in total. The van der Waals surface area contributed by atoms with Crippen LogP contribution in [0.15, 0.2) is 30.6 Å². The van der Waals surface area contributed by atoms with E-state index in [1.54, 1.807) is 18.2 Å². The number of aromatic nitrogens is 5. The summed E-state index contributed by atoms with van der Waals surface area (Å²) in [5.41, 5.74) is 3.54. The summed E-state index contributed by atoms with van der Waals surface area (Å²) >= 11 is 13.3. The van der Waals surface area contributed by atoms with Gasteiger partial charge in [-0.3, -0.25) is 14.7 Å². The van der Waals surface area contributed by atoms with E-state index in [-0.39, 0.29) is 50.0 Å². The van der Waals surface area contributed by atoms with E-state index < -0.39 is 18.0 Å². The molecule has 4 N–H and O–H groups in total. The minimum atomic E-state index is -4.21. The number of aryl methyl sites for hydroxylation is 1. The monoisotopic (exact) mass is 689 g/mol. The zero-order valence-corrected chi connectivity index (χ0v) is 26.8. The van der Waals surface area contributed by atoms with E-state index in [0.29, 0.717) is 50.2 Å². The molecule has 3 fully saturated rings. The first-order chi connectivity index (χ1) is 22.5. The number of nitrogens with one attached hydrogen (secondary N) is 4. The molecule has 2 aromatic carbocycles. The van der Waals surface area contributed by atoms with Gasteiger partial charge in [0.15, 0.2) is 0 Å². The lowest BCUT2D eigenvalue weighted by Crippen LogP contribution is -2.40. The third-order valence-corrected chi connectivity index (χ3v) is 10.3. The van der Waals surface area contributed by atoms with Crippen LogP contribution in [-0.2, 0) is 13.6 Å². The predicted molar refractivity (Wildman–Crippen MR) is 171 cm³/mol. The lowest BCUT2D eigenvalue weighted by Gasteiger charge is -2.31. The molecule has 47 heavy (non-hydrogen) atoms. The Kier molecular flexibility index (Phi) is 8.19. The summed E-state index contributed by atoms with van der Waals surface area (Å²) in [6.07, 6.45) is -1.21. The van der Waals surface area contributed by atoms with Crippen LogP contribution in [0, 0.1) is 17.8 Å². The number of aromatic amines is 1. The Hall–Kier alpha value is -4.04. The highest BCUT2D eigenvalue weighted by atomic mass is 35.5. The van der Waals surface area contributed by atoms with E-state index in [4.69, 9.17) is 28.2 Å². The van der Waals surface area contributed by atoms with Crippen molar-refractivity contribution in [1.82, 2.24) is 35.4 Å². The first-order valence-electron chi connectivity index (χ1n) is 15.5. The summed E-state index contributed by atoms with van der Waals surface area (Å²) in [5.74, 6) is -0.368. The van der Waals surface area contributed by atoms with Crippen LogP contribution >= 0.6 is 23.2 Å². The molecule has 3 heterocycles. The Morgan fingerprint density at radius 1 is 1.06 bits per heavy atom. The summed E-state index contributed by atoms with van der Waals surface area (Å²) in [4.78, 5) is 36.9. The van der Waals surface area contributed by atoms with Crippen molar-refractivity contribution in [2.75, 3.05) is 23.3 Å². The van der Waals surface area contributed by atoms with Crippen molar-refractivity contribution in [2.45, 2.75) is 50.9 Å². The molecule has 0 bridgehead atoms. The second kappa shape index (κ2) is 12.2. The molecule has 0 radical (unpaired) electrons. The highest BCUT2D eigenvalue weighted by Crippen LogP contribution is 2.47. The number of alkyl halides is 3. The smallest absolute Gasteiger partial charge is 0.370 e. The Morgan fingerprint density at radius 3 is 2.49 bits per heavy atom. The normalized spacial score (nSPS) is 22.3. The van der Waals surface area contributed by atoms with E-state index in [1.807, 2.05) is 17.7 Å². The van der Waals surface area contributed by atoms with Crippen LogP contribution in [0.5, 0.6) is 0 Å². The van der Waals surface area contributed by atoms with Gasteiger partial charge in [-0.25, -0.2) is 9.97 Å². The highest BCUT2D eigenvalue weighted by Gasteiger charge is 2.46. The summed E-state index contributed by atoms with van der Waals surface area (Å²) < 4.78 is 41.5. The largest absolute Gasteiger partial charge is 0.391 e. The summed E-state index contributed by atoms with van der Waals surface area (Å²) in [5, 5.41) is 15.8. The van der Waals surface area contributed by atoms with Crippen molar-refractivity contribution in [3.63, 3.8) is 0 Å². The molecular formula is C31H32Cl2F3N9O2. The van der Waals surface area contributed by atoms with Crippen LogP contribution in [-0.4, -0.2) is 61.9 Å². The summed E-state index contributed by atoms with van der Waals surface area (Å²) in [7, 11) is 1.84. The minimum absolute atomic E-state index is 0.00520. The van der Waals surface area contributed by atoms with E-state index in [0.717, 1.165) is 24.3 Å². The van der Waals surface area contributed by atoms with Gasteiger partial charge in [0, 0.05) is 32.7 Å². The van der Waals surface area contributed by atoms with Gasteiger partial charge < -0.3 is 25.4 Å². The topological polar surface area (TPSA) is 133 Å². The van der Waals surface area contributed by atoms with Crippen molar-refractivity contribution in [1.29, 1.82) is 0 Å². The number of hydrogen-bond donors (Lipinski definition) is 4. The fourth-order valence-corrected chi connectivity index (χ4v) is 7.27. The van der Waals surface area contributed by atoms with E-state index >= 15 is 0 Å². The maximum Gasteiger partial charge on any atom is 0.391 e. The molecule has 2 amide bonds. The lowest BCUT2D eigenvalue weighted by atomic mass is 9.85. The fraction of sp³-hybridized carbons (Fsp3) is 0.452. The fourth-order valence-electron chi connectivity index (χ4n) is 6.74. The first-order valence-corrected chi connectivity index (χ1v) is 16.2. The van der Waals surface area contributed by atoms with Crippen molar-refractivity contribution in [3.8, 4) is 0 Å². The molecule has 16 heteroatoms. The minimum Gasteiger partial charge on any atom is -0.370 e. The van der Waals surface area contributed by atoms with Gasteiger partial charge in [-0.05, 0) is 67.7 Å². The zero-order valence-electron chi connectivity index (χ0n) is 25.3. The third kappa shape index (κ3) is 6.32. The third-order valence-electron chi connectivity index (χ3n) is 9.57. The molecule has 7 rings (SSSR count). The molecule has 2 aliphatic carbocycles. The van der Waals surface area contributed by atoms with E-state index in [9.17, 15) is 22.8 Å². The molecule has 2 atom stereocenters. The molecule has 3 aliphatic rings. The number of anilines is 3. The average molecular weight is 691 g/mol. The second-order valence-corrected chi connectivity index (χ2v) is 13.4. The van der Waals surface area contributed by atoms with Crippen molar-refractivity contribution >= 4 is 63.4 Å². The molecule has 248 valence electrons. The number of carbonyl (C=O) groups excluding carboxylic acids is 2. The number of benzene rings is 2. The summed E-state index contributed by atoms with van der Waals surface area (Å²) in [6, 6.07) is 6.74. The van der Waals surface area contributed by atoms with E-state index in [1.165, 1.54) is 12.7 Å². The Balaban J connectivity index is 1.14. The summed E-state index contributed by atoms with van der Waals surface area (Å²) in [6.45, 7) is 1.80. The number of amides is 2. The SMILES string of the molecule is Cn1c(Nc2c(Cl)ccc(CNC(=O)c3ncn[nH]3)c2Cl)nc2cc(C(=O)N[C@H]3CC[C@H](C(F)(F)F)CC3)c(N3CC4CC4C3)cc21. The number of carbonyl (C=O) groups is 2. The standard InChI is InChI=1S/C31H32Cl2F3N9O2/c1-44-24-10-23(45-12-16-8-17(16)13-45)20(28(46)40-19-5-3-18(4-6-19)31(34,35)36)9-22(24)41-30(44)42-26-21(32)7-2-15(25(26)33)11-37-29(47)27-38-14-39-43-27/h2,7,9-10,14,16-19H,3-6,8,11-13H2,1H3,(H,37,47)(H,40,46)(H,41,42)(H,38,39,43)/t16?,17?,18-,19-. The number of H-pyrrole nitrogens is 1. The molecule has 1 aliphatic heterocycles. The predicted octanol–water partition coefficient (Wildman–Crippen LogP) is 5.98. The molecule has 4 aromatic rings. The van der Waals surface area contributed by atoms with Gasteiger partial charge in [0.05, 0.1) is 43.9 Å². The van der Waals surface area contributed by atoms with Crippen LogP contribution < -0.4 is 20.9 Å². The van der Waals surface area contributed by atoms with Gasteiger partial charge in [0.1, 0.15) is 6.33 Å². The number of rotatable bonds is 8. The number of hydrogen-bond acceptors (Lipinski definition) is 7. The number of nitrogens with zero attached hydrogens (tertiary/aromatic N) is 5. The number of fused-ring (bicyclic) bond motifs is 2. The second-order valence-electron chi connectivity index (χ2n) is 12.6. The lowest BCUT2D eigenvalue weighted by molar-refractivity contribution is -0.182. The van der Waals surface area contributed by atoms with Crippen LogP contribution in [0.25, 0.3) is 11.0 Å². The quantitative estimate of drug-likeness (QED) is 0.179. The highest BCUT2D eigenvalue weighted by molar-refractivity contribution is 6.39. The van der Waals surface area contributed by atoms with E-state index in [2.05, 4.69) is 36.0 Å². The van der Waals surface area contributed by atoms with Crippen molar-refractivity contribution in [3.05, 3.63) is 57.6 Å². The molecular weight excluding hydrogens is 658 g/mol. The maximum atomic E-state index is 13.7. The van der Waals surface area contributed by atoms with Gasteiger partial charge in [0.25, 0.3) is 11.8 Å². The van der Waals surface area contributed by atoms with Gasteiger partial charge >= 0.3 is 6.18 Å². The molecule has 2 saturated carbocycles. The van der Waals surface area contributed by atoms with Crippen LogP contribution in [0.4, 0.5) is 30.5 Å². The van der Waals surface area contributed by atoms with Crippen molar-refractivity contribution < 1.29 is 22.8 Å². The van der Waals surface area contributed by atoms with Crippen LogP contribution in [0.2, 0.25) is 10.0 Å². The molecule has 2 unspecified atom stereocenters. The Morgan fingerprint density at radius 2 is 1.81 bits per heavy atom. The number of imidazole rings is 1. The number of halogens is 5. The van der Waals surface area contributed by atoms with Gasteiger partial charge in [-0.1, -0.05) is 29.3 Å². The van der Waals surface area contributed by atoms with Gasteiger partial charge in [-0.15, -0.1) is 0 Å². The van der Waals surface area contributed by atoms with Crippen LogP contribution in [0.3, 0.4) is 0 Å². The maximum absolute atomic E-state index is 13.7. The molecule has 2 aromatic heterocycles. The molecule has 0 spiro atoms. The molecule has 1 saturated heterocycles. The van der Waals surface area contributed by atoms with Crippen LogP contribution in [0.1, 0.15) is 58.6 Å². The Labute approximate surface area is 277 Å².